The lowest BCUT2D eigenvalue weighted by Gasteiger charge is -2.45. The monoisotopic (exact) mass is 269 g/mol. The van der Waals surface area contributed by atoms with Crippen molar-refractivity contribution in [2.75, 3.05) is 26.3 Å². The molecule has 0 atom stereocenters. The average molecular weight is 270 g/mol. The number of rotatable bonds is 4. The van der Waals surface area contributed by atoms with Gasteiger partial charge in [0, 0.05) is 18.6 Å². The highest BCUT2D eigenvalue weighted by molar-refractivity contribution is 5.85. The van der Waals surface area contributed by atoms with Gasteiger partial charge in [-0.15, -0.1) is 12.4 Å². The van der Waals surface area contributed by atoms with Crippen LogP contribution in [0, 0.1) is 0 Å². The first kappa shape index (κ1) is 15.5. The van der Waals surface area contributed by atoms with Gasteiger partial charge in [0.15, 0.2) is 0 Å². The summed E-state index contributed by atoms with van der Waals surface area (Å²) in [6.07, 6.45) is 2.32. The second-order valence-corrected chi connectivity index (χ2v) is 4.70. The second kappa shape index (κ2) is 7.13. The summed E-state index contributed by atoms with van der Waals surface area (Å²) in [5, 5.41) is 0. The second-order valence-electron chi connectivity index (χ2n) is 4.70. The van der Waals surface area contributed by atoms with Crippen molar-refractivity contribution >= 4 is 12.4 Å². The number of hydrogen-bond donors (Lipinski definition) is 0. The number of halogens is 1. The maximum atomic E-state index is 5.48. The van der Waals surface area contributed by atoms with Crippen molar-refractivity contribution < 1.29 is 4.74 Å². The minimum Gasteiger partial charge on any atom is -0.379 e. The van der Waals surface area contributed by atoms with E-state index in [2.05, 4.69) is 49.1 Å². The smallest absolute Gasteiger partial charge is 0.0594 e. The van der Waals surface area contributed by atoms with Gasteiger partial charge in [-0.3, -0.25) is 4.90 Å². The molecule has 3 heteroatoms. The first-order valence-corrected chi connectivity index (χ1v) is 6.72. The van der Waals surface area contributed by atoms with Crippen LogP contribution in [0.3, 0.4) is 0 Å². The molecule has 1 heterocycles. The van der Waals surface area contributed by atoms with E-state index >= 15 is 0 Å². The molecule has 1 saturated heterocycles. The standard InChI is InChI=1S/C15H23NO.ClH/c1-3-15(4-2,14-8-6-5-7-9-14)16-10-12-17-13-11-16;/h5-9H,3-4,10-13H2,1-2H3;1H. The maximum Gasteiger partial charge on any atom is 0.0594 e. The Labute approximate surface area is 117 Å². The molecule has 0 radical (unpaired) electrons. The third-order valence-electron chi connectivity index (χ3n) is 4.10. The van der Waals surface area contributed by atoms with E-state index in [4.69, 9.17) is 4.74 Å². The molecule has 0 spiro atoms. The van der Waals surface area contributed by atoms with Gasteiger partial charge in [-0.25, -0.2) is 0 Å². The van der Waals surface area contributed by atoms with E-state index in [9.17, 15) is 0 Å². The van der Waals surface area contributed by atoms with Crippen LogP contribution in [0.15, 0.2) is 30.3 Å². The third-order valence-corrected chi connectivity index (χ3v) is 4.10. The van der Waals surface area contributed by atoms with Crippen LogP contribution in [0.2, 0.25) is 0 Å². The molecule has 1 fully saturated rings. The van der Waals surface area contributed by atoms with Crippen LogP contribution in [0.1, 0.15) is 32.3 Å². The molecule has 0 aromatic heterocycles. The minimum absolute atomic E-state index is 0. The van der Waals surface area contributed by atoms with E-state index < -0.39 is 0 Å². The number of benzene rings is 1. The molecule has 1 aliphatic heterocycles. The zero-order valence-corrected chi connectivity index (χ0v) is 12.2. The van der Waals surface area contributed by atoms with Crippen LogP contribution in [-0.4, -0.2) is 31.2 Å². The molecule has 0 saturated carbocycles. The van der Waals surface area contributed by atoms with E-state index in [1.165, 1.54) is 5.56 Å². The van der Waals surface area contributed by atoms with Crippen LogP contribution >= 0.6 is 12.4 Å². The molecule has 1 aliphatic rings. The molecular weight excluding hydrogens is 246 g/mol. The van der Waals surface area contributed by atoms with Crippen LogP contribution in [0.25, 0.3) is 0 Å². The molecule has 2 nitrogen and oxygen atoms in total. The largest absolute Gasteiger partial charge is 0.379 e. The van der Waals surface area contributed by atoms with Crippen molar-refractivity contribution in [3.05, 3.63) is 35.9 Å². The van der Waals surface area contributed by atoms with Crippen molar-refractivity contribution in [2.45, 2.75) is 32.2 Å². The lowest BCUT2D eigenvalue weighted by molar-refractivity contribution is -0.0290. The van der Waals surface area contributed by atoms with E-state index in [1.807, 2.05) is 0 Å². The lowest BCUT2D eigenvalue weighted by Crippen LogP contribution is -2.50. The van der Waals surface area contributed by atoms with E-state index in [0.717, 1.165) is 39.1 Å². The normalized spacial score (nSPS) is 17.2. The highest BCUT2D eigenvalue weighted by Crippen LogP contribution is 2.35. The summed E-state index contributed by atoms with van der Waals surface area (Å²) in [7, 11) is 0. The Hall–Kier alpha value is -0.570. The molecule has 18 heavy (non-hydrogen) atoms. The first-order valence-electron chi connectivity index (χ1n) is 6.72. The lowest BCUT2D eigenvalue weighted by atomic mass is 9.82. The van der Waals surface area contributed by atoms with Crippen molar-refractivity contribution in [3.63, 3.8) is 0 Å². The van der Waals surface area contributed by atoms with E-state index in [1.54, 1.807) is 0 Å². The Morgan fingerprint density at radius 2 is 1.61 bits per heavy atom. The predicted molar refractivity (Wildman–Crippen MR) is 78.3 cm³/mol. The van der Waals surface area contributed by atoms with Crippen LogP contribution < -0.4 is 0 Å². The average Bonchev–Trinajstić information content (AvgIpc) is 2.43. The number of nitrogens with zero attached hydrogens (tertiary/aromatic N) is 1. The predicted octanol–water partition coefficient (Wildman–Crippen LogP) is 3.46. The Balaban J connectivity index is 0.00000162. The zero-order valence-electron chi connectivity index (χ0n) is 11.4. The summed E-state index contributed by atoms with van der Waals surface area (Å²) >= 11 is 0. The van der Waals surface area contributed by atoms with Gasteiger partial charge in [-0.2, -0.15) is 0 Å². The summed E-state index contributed by atoms with van der Waals surface area (Å²) in [4.78, 5) is 2.60. The SMILES string of the molecule is CCC(CC)(c1ccccc1)N1CCOCC1.Cl. The summed E-state index contributed by atoms with van der Waals surface area (Å²) in [5.41, 5.74) is 1.65. The quantitative estimate of drug-likeness (QED) is 0.830. The van der Waals surface area contributed by atoms with Gasteiger partial charge >= 0.3 is 0 Å². The number of ether oxygens (including phenoxy) is 1. The fourth-order valence-corrected chi connectivity index (χ4v) is 3.03. The van der Waals surface area contributed by atoms with E-state index in [0.29, 0.717) is 0 Å². The first-order chi connectivity index (χ1) is 8.33. The molecule has 0 unspecified atom stereocenters. The maximum absolute atomic E-state index is 5.48. The van der Waals surface area contributed by atoms with Crippen molar-refractivity contribution in [1.82, 2.24) is 4.90 Å². The fraction of sp³-hybridized carbons (Fsp3) is 0.600. The summed E-state index contributed by atoms with van der Waals surface area (Å²) in [6.45, 7) is 8.44. The molecule has 2 rings (SSSR count). The van der Waals surface area contributed by atoms with Crippen LogP contribution in [0.4, 0.5) is 0 Å². The highest BCUT2D eigenvalue weighted by atomic mass is 35.5. The molecule has 102 valence electrons. The van der Waals surface area contributed by atoms with Gasteiger partial charge in [-0.05, 0) is 18.4 Å². The fourth-order valence-electron chi connectivity index (χ4n) is 3.03. The molecule has 1 aromatic carbocycles. The van der Waals surface area contributed by atoms with Crippen LogP contribution in [-0.2, 0) is 10.3 Å². The summed E-state index contributed by atoms with van der Waals surface area (Å²) < 4.78 is 5.48. The molecular formula is C15H24ClNO. The molecule has 0 aliphatic carbocycles. The van der Waals surface area contributed by atoms with Crippen LogP contribution in [0.5, 0.6) is 0 Å². The van der Waals surface area contributed by atoms with Gasteiger partial charge < -0.3 is 4.74 Å². The Kier molecular flexibility index (Phi) is 6.13. The summed E-state index contributed by atoms with van der Waals surface area (Å²) in [5.74, 6) is 0. The van der Waals surface area contributed by atoms with E-state index in [-0.39, 0.29) is 17.9 Å². The van der Waals surface area contributed by atoms with Gasteiger partial charge in [-0.1, -0.05) is 44.2 Å². The Morgan fingerprint density at radius 1 is 1.06 bits per heavy atom. The zero-order chi connectivity index (χ0) is 12.1. The Bertz CT molecular complexity index is 332. The molecule has 1 aromatic rings. The third kappa shape index (κ3) is 2.87. The molecule has 0 N–H and O–H groups in total. The van der Waals surface area contributed by atoms with Gasteiger partial charge in [0.2, 0.25) is 0 Å². The van der Waals surface area contributed by atoms with Gasteiger partial charge in [0.05, 0.1) is 13.2 Å². The van der Waals surface area contributed by atoms with Crippen molar-refractivity contribution in [1.29, 1.82) is 0 Å². The number of morpholine rings is 1. The summed E-state index contributed by atoms with van der Waals surface area (Å²) in [6, 6.07) is 10.9. The van der Waals surface area contributed by atoms with Crippen molar-refractivity contribution in [3.8, 4) is 0 Å². The van der Waals surface area contributed by atoms with Gasteiger partial charge in [0.1, 0.15) is 0 Å². The molecule has 0 amide bonds. The van der Waals surface area contributed by atoms with Crippen molar-refractivity contribution in [2.24, 2.45) is 0 Å². The Morgan fingerprint density at radius 3 is 2.11 bits per heavy atom. The van der Waals surface area contributed by atoms with Gasteiger partial charge in [0.25, 0.3) is 0 Å². The topological polar surface area (TPSA) is 12.5 Å². The number of hydrogen-bond acceptors (Lipinski definition) is 2. The minimum atomic E-state index is 0. The molecule has 0 bridgehead atoms. The highest BCUT2D eigenvalue weighted by Gasteiger charge is 2.35.